The zero-order valence-corrected chi connectivity index (χ0v) is 13.1. The minimum atomic E-state index is -1.10. The smallest absolute Gasteiger partial charge is 0.345 e. The van der Waals surface area contributed by atoms with Crippen LogP contribution in [0.15, 0.2) is 0 Å². The number of carbonyl (C=O) groups excluding carboxylic acids is 2. The van der Waals surface area contributed by atoms with Gasteiger partial charge < -0.3 is 15.5 Å². The van der Waals surface area contributed by atoms with Crippen LogP contribution in [-0.2, 0) is 9.08 Å². The van der Waals surface area contributed by atoms with E-state index in [0.29, 0.717) is 25.8 Å². The molecule has 0 aromatic carbocycles. The predicted molar refractivity (Wildman–Crippen MR) is 79.8 cm³/mol. The molecule has 4 atom stereocenters. The van der Waals surface area contributed by atoms with E-state index in [4.69, 9.17) is 4.28 Å². The average molecular weight is 332 g/mol. The average Bonchev–Trinajstić information content (AvgIpc) is 2.65. The molecule has 0 saturated carbocycles. The number of fused-ring (bicyclic) bond motifs is 2. The Morgan fingerprint density at radius 2 is 2.23 bits per heavy atom. The van der Waals surface area contributed by atoms with Gasteiger partial charge in [-0.05, 0) is 32.2 Å². The standard InChI is InChI=1S/C13H21FN4O3S/c14-9-6-15-5-1-2-10(9)16-12(19)11-4-3-8-7-17(11)13(20)18(8)21-22/h8-11,15,22H,1-7H2,(H,16,19)/t8-,9+,10-,11+/m1/s1. The first kappa shape index (κ1) is 15.8. The van der Waals surface area contributed by atoms with Gasteiger partial charge in [0.2, 0.25) is 5.91 Å². The largest absolute Gasteiger partial charge is 0.349 e. The fourth-order valence-electron chi connectivity index (χ4n) is 3.46. The lowest BCUT2D eigenvalue weighted by molar-refractivity contribution is -0.127. The number of alkyl halides is 1. The summed E-state index contributed by atoms with van der Waals surface area (Å²) in [5.74, 6) is -0.276. The van der Waals surface area contributed by atoms with Crippen LogP contribution in [0.3, 0.4) is 0 Å². The highest BCUT2D eigenvalue weighted by Gasteiger charge is 2.48. The molecule has 0 spiro atoms. The van der Waals surface area contributed by atoms with E-state index >= 15 is 0 Å². The van der Waals surface area contributed by atoms with Crippen molar-refractivity contribution in [3.8, 4) is 0 Å². The van der Waals surface area contributed by atoms with Crippen LogP contribution in [0.5, 0.6) is 0 Å². The fourth-order valence-corrected chi connectivity index (χ4v) is 3.67. The van der Waals surface area contributed by atoms with Crippen molar-refractivity contribution in [3.05, 3.63) is 0 Å². The summed E-state index contributed by atoms with van der Waals surface area (Å²) in [4.78, 5) is 26.1. The van der Waals surface area contributed by atoms with E-state index in [9.17, 15) is 14.0 Å². The SMILES string of the molecule is O=C(N[C@@H]1CCCNC[C@@H]1F)[C@@H]1CC[C@@H]2CN1C(=O)N2OS. The zero-order valence-electron chi connectivity index (χ0n) is 12.2. The highest BCUT2D eigenvalue weighted by Crippen LogP contribution is 2.30. The van der Waals surface area contributed by atoms with Crippen molar-refractivity contribution in [1.82, 2.24) is 20.6 Å². The van der Waals surface area contributed by atoms with Gasteiger partial charge in [0.05, 0.1) is 12.1 Å². The Kier molecular flexibility index (Phi) is 4.74. The van der Waals surface area contributed by atoms with E-state index in [1.54, 1.807) is 0 Å². The topological polar surface area (TPSA) is 73.9 Å². The summed E-state index contributed by atoms with van der Waals surface area (Å²) in [6, 6.07) is -1.46. The molecule has 9 heteroatoms. The summed E-state index contributed by atoms with van der Waals surface area (Å²) in [5.41, 5.74) is 0. The molecule has 0 aromatic rings. The first-order valence-corrected chi connectivity index (χ1v) is 8.05. The Hall–Kier alpha value is -1.06. The van der Waals surface area contributed by atoms with E-state index in [1.807, 2.05) is 0 Å². The lowest BCUT2D eigenvalue weighted by Crippen LogP contribution is -2.54. The molecule has 3 aliphatic rings. The number of nitrogens with zero attached hydrogens (tertiary/aromatic N) is 2. The van der Waals surface area contributed by atoms with E-state index in [1.165, 1.54) is 9.96 Å². The third-order valence-electron chi connectivity index (χ3n) is 4.69. The second kappa shape index (κ2) is 6.59. The molecular formula is C13H21FN4O3S. The Balaban J connectivity index is 1.64. The van der Waals surface area contributed by atoms with Crippen molar-refractivity contribution in [2.75, 3.05) is 19.6 Å². The van der Waals surface area contributed by atoms with Gasteiger partial charge in [0.25, 0.3) is 0 Å². The van der Waals surface area contributed by atoms with Crippen LogP contribution in [-0.4, -0.2) is 65.8 Å². The molecule has 3 amide bonds. The van der Waals surface area contributed by atoms with Crippen LogP contribution >= 0.6 is 12.9 Å². The monoisotopic (exact) mass is 332 g/mol. The molecule has 0 aliphatic carbocycles. The molecule has 2 bridgehead atoms. The number of thiol groups is 1. The summed E-state index contributed by atoms with van der Waals surface area (Å²) >= 11 is 3.69. The molecule has 3 fully saturated rings. The Labute approximate surface area is 134 Å². The molecule has 0 radical (unpaired) electrons. The number of hydrogen-bond acceptors (Lipinski definition) is 5. The quantitative estimate of drug-likeness (QED) is 0.511. The van der Waals surface area contributed by atoms with Crippen LogP contribution in [0.25, 0.3) is 0 Å². The van der Waals surface area contributed by atoms with E-state index in [-0.39, 0.29) is 24.5 Å². The molecule has 3 rings (SSSR count). The third kappa shape index (κ3) is 2.89. The normalized spacial score (nSPS) is 35.5. The van der Waals surface area contributed by atoms with Gasteiger partial charge in [0.15, 0.2) is 0 Å². The number of halogens is 1. The maximum atomic E-state index is 14.0. The maximum Gasteiger partial charge on any atom is 0.345 e. The number of carbonyl (C=O) groups is 2. The van der Waals surface area contributed by atoms with Gasteiger partial charge in [-0.25, -0.2) is 13.5 Å². The van der Waals surface area contributed by atoms with Gasteiger partial charge in [-0.3, -0.25) is 4.79 Å². The molecule has 124 valence electrons. The number of rotatable bonds is 3. The van der Waals surface area contributed by atoms with Crippen molar-refractivity contribution < 1.29 is 18.3 Å². The fraction of sp³-hybridized carbons (Fsp3) is 0.846. The van der Waals surface area contributed by atoms with Crippen LogP contribution in [0, 0.1) is 0 Å². The first-order valence-electron chi connectivity index (χ1n) is 7.68. The first-order chi connectivity index (χ1) is 10.6. The van der Waals surface area contributed by atoms with Crippen molar-refractivity contribution >= 4 is 24.8 Å². The maximum absolute atomic E-state index is 14.0. The van der Waals surface area contributed by atoms with Gasteiger partial charge in [0.1, 0.15) is 12.2 Å². The minimum Gasteiger partial charge on any atom is -0.349 e. The third-order valence-corrected chi connectivity index (χ3v) is 4.86. The molecule has 2 N–H and O–H groups in total. The van der Waals surface area contributed by atoms with Gasteiger partial charge in [-0.15, -0.1) is 0 Å². The predicted octanol–water partition coefficient (Wildman–Crippen LogP) is 0.238. The summed E-state index contributed by atoms with van der Waals surface area (Å²) in [6.45, 7) is 1.46. The Morgan fingerprint density at radius 1 is 1.41 bits per heavy atom. The highest BCUT2D eigenvalue weighted by molar-refractivity contribution is 7.75. The van der Waals surface area contributed by atoms with Crippen LogP contribution in [0.4, 0.5) is 9.18 Å². The highest BCUT2D eigenvalue weighted by atomic mass is 32.1. The second-order valence-electron chi connectivity index (χ2n) is 6.07. The van der Waals surface area contributed by atoms with Gasteiger partial charge in [-0.2, -0.15) is 5.06 Å². The molecule has 7 nitrogen and oxygen atoms in total. The van der Waals surface area contributed by atoms with Crippen molar-refractivity contribution in [3.63, 3.8) is 0 Å². The number of hydrogen-bond donors (Lipinski definition) is 3. The number of hydroxylamine groups is 2. The lowest BCUT2D eigenvalue weighted by Gasteiger charge is -2.31. The summed E-state index contributed by atoms with van der Waals surface area (Å²) in [5, 5.41) is 6.99. The summed E-state index contributed by atoms with van der Waals surface area (Å²) < 4.78 is 18.8. The molecular weight excluding hydrogens is 311 g/mol. The Bertz CT molecular complexity index is 455. The summed E-state index contributed by atoms with van der Waals surface area (Å²) in [6.07, 6.45) is 1.55. The molecule has 3 aliphatic heterocycles. The second-order valence-corrected chi connectivity index (χ2v) is 6.23. The number of urea groups is 1. The van der Waals surface area contributed by atoms with E-state index in [2.05, 4.69) is 23.5 Å². The van der Waals surface area contributed by atoms with E-state index < -0.39 is 18.3 Å². The zero-order chi connectivity index (χ0) is 15.7. The molecule has 3 saturated heterocycles. The van der Waals surface area contributed by atoms with Crippen molar-refractivity contribution in [2.24, 2.45) is 0 Å². The van der Waals surface area contributed by atoms with Crippen molar-refractivity contribution in [1.29, 1.82) is 0 Å². The van der Waals surface area contributed by atoms with Crippen LogP contribution in [0.1, 0.15) is 25.7 Å². The number of piperidine rings is 1. The van der Waals surface area contributed by atoms with Crippen LogP contribution in [0.2, 0.25) is 0 Å². The van der Waals surface area contributed by atoms with E-state index in [0.717, 1.165) is 13.0 Å². The summed E-state index contributed by atoms with van der Waals surface area (Å²) in [7, 11) is 0. The van der Waals surface area contributed by atoms with Gasteiger partial charge >= 0.3 is 6.03 Å². The molecule has 3 heterocycles. The van der Waals surface area contributed by atoms with Gasteiger partial charge in [0, 0.05) is 26.0 Å². The molecule has 22 heavy (non-hydrogen) atoms. The number of amides is 3. The number of nitrogens with one attached hydrogen (secondary N) is 2. The van der Waals surface area contributed by atoms with Gasteiger partial charge in [-0.1, -0.05) is 0 Å². The van der Waals surface area contributed by atoms with Crippen molar-refractivity contribution in [2.45, 2.75) is 50.0 Å². The Morgan fingerprint density at radius 3 is 3.00 bits per heavy atom. The lowest BCUT2D eigenvalue weighted by atomic mass is 9.99. The minimum absolute atomic E-state index is 0.0648. The molecule has 0 aromatic heterocycles. The molecule has 0 unspecified atom stereocenters. The van der Waals surface area contributed by atoms with Crippen LogP contribution < -0.4 is 10.6 Å².